The van der Waals surface area contributed by atoms with E-state index in [4.69, 9.17) is 14.6 Å². The van der Waals surface area contributed by atoms with Crippen molar-refractivity contribution >= 4 is 23.2 Å². The van der Waals surface area contributed by atoms with Crippen molar-refractivity contribution in [1.29, 1.82) is 0 Å². The van der Waals surface area contributed by atoms with Gasteiger partial charge in [0.25, 0.3) is 5.91 Å². The number of thiazole rings is 1. The summed E-state index contributed by atoms with van der Waals surface area (Å²) < 4.78 is 10.6. The van der Waals surface area contributed by atoms with E-state index in [1.165, 1.54) is 11.3 Å². The molecule has 1 aromatic carbocycles. The van der Waals surface area contributed by atoms with Crippen LogP contribution < -0.4 is 9.47 Å². The van der Waals surface area contributed by atoms with Crippen molar-refractivity contribution in [1.82, 2.24) is 9.88 Å². The normalized spacial score (nSPS) is 16.6. The van der Waals surface area contributed by atoms with Gasteiger partial charge in [-0.05, 0) is 31.5 Å². The first kappa shape index (κ1) is 18.2. The summed E-state index contributed by atoms with van der Waals surface area (Å²) in [4.78, 5) is 30.5. The molecule has 1 saturated heterocycles. The van der Waals surface area contributed by atoms with Gasteiger partial charge >= 0.3 is 5.97 Å². The summed E-state index contributed by atoms with van der Waals surface area (Å²) in [6.45, 7) is 2.49. The number of amides is 1. The minimum atomic E-state index is -0.854. The van der Waals surface area contributed by atoms with Crippen molar-refractivity contribution in [3.8, 4) is 22.1 Å². The maximum atomic E-state index is 12.8. The van der Waals surface area contributed by atoms with Crippen LogP contribution in [0.3, 0.4) is 0 Å². The lowest BCUT2D eigenvalue weighted by Crippen LogP contribution is -2.29. The number of nitrogens with zero attached hydrogens (tertiary/aromatic N) is 2. The number of rotatable bonds is 5. The van der Waals surface area contributed by atoms with Crippen molar-refractivity contribution in [2.75, 3.05) is 27.3 Å². The molecule has 1 N–H and O–H groups in total. The molecule has 2 heterocycles. The molecule has 0 saturated carbocycles. The van der Waals surface area contributed by atoms with Gasteiger partial charge in [0.1, 0.15) is 9.88 Å². The molecule has 1 aliphatic heterocycles. The highest BCUT2D eigenvalue weighted by Gasteiger charge is 2.32. The molecule has 26 heavy (non-hydrogen) atoms. The highest BCUT2D eigenvalue weighted by Crippen LogP contribution is 2.35. The van der Waals surface area contributed by atoms with E-state index in [1.54, 1.807) is 32.1 Å². The van der Waals surface area contributed by atoms with Gasteiger partial charge in [-0.1, -0.05) is 0 Å². The van der Waals surface area contributed by atoms with Crippen LogP contribution in [0.4, 0.5) is 0 Å². The van der Waals surface area contributed by atoms with E-state index in [2.05, 4.69) is 4.98 Å². The lowest BCUT2D eigenvalue weighted by atomic mass is 10.1. The second kappa shape index (κ2) is 7.33. The minimum Gasteiger partial charge on any atom is -0.493 e. The smallest absolute Gasteiger partial charge is 0.308 e. The summed E-state index contributed by atoms with van der Waals surface area (Å²) in [6.07, 6.45) is 0.488. The third kappa shape index (κ3) is 3.37. The zero-order chi connectivity index (χ0) is 18.8. The Bertz CT molecular complexity index is 848. The number of aliphatic carboxylic acids is 1. The van der Waals surface area contributed by atoms with Crippen LogP contribution in [0.1, 0.15) is 21.8 Å². The van der Waals surface area contributed by atoms with Crippen LogP contribution in [0.5, 0.6) is 11.5 Å². The molecule has 138 valence electrons. The van der Waals surface area contributed by atoms with E-state index in [-0.39, 0.29) is 12.5 Å². The van der Waals surface area contributed by atoms with Crippen LogP contribution >= 0.6 is 11.3 Å². The summed E-state index contributed by atoms with van der Waals surface area (Å²) in [7, 11) is 3.14. The number of hydrogen-bond donors (Lipinski definition) is 1. The van der Waals surface area contributed by atoms with Gasteiger partial charge in [-0.2, -0.15) is 0 Å². The van der Waals surface area contributed by atoms with Crippen LogP contribution in [-0.2, 0) is 4.79 Å². The van der Waals surface area contributed by atoms with E-state index in [0.717, 1.165) is 5.56 Å². The number of likely N-dealkylation sites (tertiary alicyclic amines) is 1. The molecular weight excluding hydrogens is 356 g/mol. The van der Waals surface area contributed by atoms with Crippen LogP contribution in [-0.4, -0.2) is 54.2 Å². The molecule has 1 aliphatic rings. The van der Waals surface area contributed by atoms with E-state index >= 15 is 0 Å². The van der Waals surface area contributed by atoms with Gasteiger partial charge in [0, 0.05) is 18.7 Å². The topological polar surface area (TPSA) is 89.0 Å². The molecule has 0 radical (unpaired) electrons. The first-order chi connectivity index (χ1) is 12.4. The first-order valence-electron chi connectivity index (χ1n) is 8.16. The molecule has 8 heteroatoms. The largest absolute Gasteiger partial charge is 0.493 e. The van der Waals surface area contributed by atoms with E-state index in [1.807, 2.05) is 12.1 Å². The van der Waals surface area contributed by atoms with Gasteiger partial charge in [0.2, 0.25) is 0 Å². The van der Waals surface area contributed by atoms with E-state index < -0.39 is 11.9 Å². The standard InChI is InChI=1S/C18H20N2O5S/c1-10-15(17(21)20-7-6-12(9-20)18(22)23)26-16(19-10)11-4-5-13(24-2)14(8-11)25-3/h4-5,8,12H,6-7,9H2,1-3H3,(H,22,23). The van der Waals surface area contributed by atoms with Gasteiger partial charge in [-0.3, -0.25) is 9.59 Å². The summed E-state index contributed by atoms with van der Waals surface area (Å²) in [5, 5.41) is 9.82. The van der Waals surface area contributed by atoms with Crippen molar-refractivity contribution < 1.29 is 24.2 Å². The average Bonchev–Trinajstić information content (AvgIpc) is 3.27. The molecule has 3 rings (SSSR count). The van der Waals surface area contributed by atoms with Crippen molar-refractivity contribution in [3.05, 3.63) is 28.8 Å². The zero-order valence-corrected chi connectivity index (χ0v) is 15.6. The Morgan fingerprint density at radius 2 is 2.00 bits per heavy atom. The van der Waals surface area contributed by atoms with Crippen LogP contribution in [0, 0.1) is 12.8 Å². The fourth-order valence-corrected chi connectivity index (χ4v) is 4.01. The number of benzene rings is 1. The summed E-state index contributed by atoms with van der Waals surface area (Å²) in [6, 6.07) is 5.48. The third-order valence-electron chi connectivity index (χ3n) is 4.45. The van der Waals surface area contributed by atoms with Crippen molar-refractivity contribution in [3.63, 3.8) is 0 Å². The lowest BCUT2D eigenvalue weighted by molar-refractivity contribution is -0.141. The molecule has 0 bridgehead atoms. The molecule has 1 amide bonds. The zero-order valence-electron chi connectivity index (χ0n) is 14.8. The highest BCUT2D eigenvalue weighted by molar-refractivity contribution is 7.17. The summed E-state index contributed by atoms with van der Waals surface area (Å²) in [5.41, 5.74) is 1.48. The maximum Gasteiger partial charge on any atom is 0.308 e. The van der Waals surface area contributed by atoms with Crippen molar-refractivity contribution in [2.45, 2.75) is 13.3 Å². The fraction of sp³-hybridized carbons (Fsp3) is 0.389. The van der Waals surface area contributed by atoms with Gasteiger partial charge in [-0.15, -0.1) is 11.3 Å². The number of hydrogen-bond acceptors (Lipinski definition) is 6. The number of carbonyl (C=O) groups is 2. The molecule has 0 spiro atoms. The Labute approximate surface area is 155 Å². The van der Waals surface area contributed by atoms with Crippen molar-refractivity contribution in [2.24, 2.45) is 5.92 Å². The molecule has 1 fully saturated rings. The van der Waals surface area contributed by atoms with E-state index in [0.29, 0.717) is 40.0 Å². The molecule has 1 unspecified atom stereocenters. The molecule has 0 aliphatic carbocycles. The Hall–Kier alpha value is -2.61. The minimum absolute atomic E-state index is 0.157. The van der Waals surface area contributed by atoms with Gasteiger partial charge in [-0.25, -0.2) is 4.98 Å². The van der Waals surface area contributed by atoms with Gasteiger partial charge in [0.15, 0.2) is 11.5 Å². The SMILES string of the molecule is COc1ccc(-c2nc(C)c(C(=O)N3CCC(C(=O)O)C3)s2)cc1OC. The monoisotopic (exact) mass is 376 g/mol. The number of methoxy groups -OCH3 is 2. The number of aryl methyl sites for hydroxylation is 1. The number of ether oxygens (including phenoxy) is 2. The third-order valence-corrected chi connectivity index (χ3v) is 5.64. The number of carboxylic acids is 1. The van der Waals surface area contributed by atoms with Crippen LogP contribution in [0.2, 0.25) is 0 Å². The highest BCUT2D eigenvalue weighted by atomic mass is 32.1. The van der Waals surface area contributed by atoms with Crippen LogP contribution in [0.25, 0.3) is 10.6 Å². The Morgan fingerprint density at radius 3 is 2.62 bits per heavy atom. The summed E-state index contributed by atoms with van der Waals surface area (Å²) >= 11 is 1.30. The molecular formula is C18H20N2O5S. The number of aromatic nitrogens is 1. The van der Waals surface area contributed by atoms with E-state index in [9.17, 15) is 9.59 Å². The fourth-order valence-electron chi connectivity index (χ4n) is 2.98. The van der Waals surface area contributed by atoms with Gasteiger partial charge < -0.3 is 19.5 Å². The number of carboxylic acid groups (broad SMARTS) is 1. The molecule has 1 atom stereocenters. The maximum absolute atomic E-state index is 12.8. The predicted octanol–water partition coefficient (Wildman–Crippen LogP) is 2.68. The predicted molar refractivity (Wildman–Crippen MR) is 97.0 cm³/mol. The first-order valence-corrected chi connectivity index (χ1v) is 8.98. The second-order valence-electron chi connectivity index (χ2n) is 6.08. The quantitative estimate of drug-likeness (QED) is 0.863. The lowest BCUT2D eigenvalue weighted by Gasteiger charge is -2.14. The van der Waals surface area contributed by atoms with Crippen LogP contribution in [0.15, 0.2) is 18.2 Å². The Kier molecular flexibility index (Phi) is 5.13. The second-order valence-corrected chi connectivity index (χ2v) is 7.08. The molecule has 7 nitrogen and oxygen atoms in total. The Balaban J connectivity index is 1.86. The summed E-state index contributed by atoms with van der Waals surface area (Å²) in [5.74, 6) is -0.285. The Morgan fingerprint density at radius 1 is 1.27 bits per heavy atom. The number of carbonyl (C=O) groups excluding carboxylic acids is 1. The van der Waals surface area contributed by atoms with Gasteiger partial charge in [0.05, 0.1) is 25.8 Å². The molecule has 2 aromatic rings. The molecule has 1 aromatic heterocycles. The average molecular weight is 376 g/mol.